The second-order valence-electron chi connectivity index (χ2n) is 4.29. The maximum Gasteiger partial charge on any atom is 0.0293 e. The van der Waals surface area contributed by atoms with Gasteiger partial charge in [-0.05, 0) is 25.2 Å². The van der Waals surface area contributed by atoms with Crippen molar-refractivity contribution in [2.24, 2.45) is 5.92 Å². The Morgan fingerprint density at radius 2 is 2.33 bits per heavy atom. The van der Waals surface area contributed by atoms with Gasteiger partial charge < -0.3 is 10.2 Å². The van der Waals surface area contributed by atoms with Crippen molar-refractivity contribution < 1.29 is 0 Å². The molecule has 2 bridgehead atoms. The Balaban J connectivity index is 1.75. The summed E-state index contributed by atoms with van der Waals surface area (Å²) in [5, 5.41) is 3.36. The number of nitrogens with zero attached hydrogens (tertiary/aromatic N) is 1. The van der Waals surface area contributed by atoms with Crippen molar-refractivity contribution >= 4 is 0 Å². The van der Waals surface area contributed by atoms with E-state index in [0.29, 0.717) is 0 Å². The van der Waals surface area contributed by atoms with Gasteiger partial charge >= 0.3 is 0 Å². The van der Waals surface area contributed by atoms with Crippen LogP contribution in [0.1, 0.15) is 19.3 Å². The molecule has 2 nitrogen and oxygen atoms in total. The minimum atomic E-state index is 0.930. The molecule has 0 atom stereocenters. The third-order valence-corrected chi connectivity index (χ3v) is 3.52. The normalized spacial score (nSPS) is 39.3. The van der Waals surface area contributed by atoms with Crippen molar-refractivity contribution in [2.75, 3.05) is 19.6 Å². The highest BCUT2D eigenvalue weighted by Crippen LogP contribution is 2.43. The molecule has 12 heavy (non-hydrogen) atoms. The van der Waals surface area contributed by atoms with E-state index in [4.69, 9.17) is 0 Å². The minimum Gasteiger partial charge on any atom is -0.372 e. The summed E-state index contributed by atoms with van der Waals surface area (Å²) >= 11 is 0. The van der Waals surface area contributed by atoms with E-state index in [1.54, 1.807) is 5.70 Å². The monoisotopic (exact) mass is 164 g/mol. The quantitative estimate of drug-likeness (QED) is 0.621. The van der Waals surface area contributed by atoms with Gasteiger partial charge in [0.2, 0.25) is 0 Å². The van der Waals surface area contributed by atoms with Crippen molar-refractivity contribution in [3.63, 3.8) is 0 Å². The largest absolute Gasteiger partial charge is 0.372 e. The molecular weight excluding hydrogens is 148 g/mol. The molecule has 0 unspecified atom stereocenters. The zero-order chi connectivity index (χ0) is 7.97. The first kappa shape index (κ1) is 6.96. The minimum absolute atomic E-state index is 0.930. The SMILES string of the molecule is C1=C(N2CC3CC2C3)CCNC1. The van der Waals surface area contributed by atoms with Crippen molar-refractivity contribution in [3.05, 3.63) is 11.8 Å². The van der Waals surface area contributed by atoms with Crippen molar-refractivity contribution in [1.29, 1.82) is 0 Å². The fourth-order valence-corrected chi connectivity index (χ4v) is 2.75. The van der Waals surface area contributed by atoms with Gasteiger partial charge in [0.05, 0.1) is 0 Å². The third-order valence-electron chi connectivity index (χ3n) is 3.52. The van der Waals surface area contributed by atoms with Crippen LogP contribution < -0.4 is 5.32 Å². The molecule has 0 aromatic carbocycles. The molecule has 4 rings (SSSR count). The predicted molar refractivity (Wildman–Crippen MR) is 48.8 cm³/mol. The van der Waals surface area contributed by atoms with Gasteiger partial charge in [-0.15, -0.1) is 0 Å². The topological polar surface area (TPSA) is 15.3 Å². The summed E-state index contributed by atoms with van der Waals surface area (Å²) in [5.74, 6) is 1.05. The molecule has 0 aromatic heterocycles. The van der Waals surface area contributed by atoms with E-state index in [2.05, 4.69) is 16.3 Å². The lowest BCUT2D eigenvalue weighted by Crippen LogP contribution is -2.32. The van der Waals surface area contributed by atoms with E-state index in [1.807, 2.05) is 0 Å². The van der Waals surface area contributed by atoms with Crippen molar-refractivity contribution in [1.82, 2.24) is 10.2 Å². The molecule has 1 aliphatic carbocycles. The maximum atomic E-state index is 3.36. The van der Waals surface area contributed by atoms with Gasteiger partial charge in [-0.3, -0.25) is 0 Å². The molecule has 3 fully saturated rings. The van der Waals surface area contributed by atoms with Crippen LogP contribution in [0.5, 0.6) is 0 Å². The first-order chi connectivity index (χ1) is 5.93. The van der Waals surface area contributed by atoms with E-state index < -0.39 is 0 Å². The van der Waals surface area contributed by atoms with Crippen LogP contribution in [0.3, 0.4) is 0 Å². The molecule has 3 heterocycles. The van der Waals surface area contributed by atoms with Crippen LogP contribution in [0.4, 0.5) is 0 Å². The van der Waals surface area contributed by atoms with E-state index in [0.717, 1.165) is 18.5 Å². The zero-order valence-corrected chi connectivity index (χ0v) is 7.42. The summed E-state index contributed by atoms with van der Waals surface area (Å²) in [7, 11) is 0. The number of fused-ring (bicyclic) bond motifs is 1. The van der Waals surface area contributed by atoms with Crippen molar-refractivity contribution in [2.45, 2.75) is 25.3 Å². The van der Waals surface area contributed by atoms with Crippen LogP contribution in [0, 0.1) is 5.92 Å². The molecular formula is C10H16N2. The lowest BCUT2D eigenvalue weighted by molar-refractivity contribution is 0.281. The zero-order valence-electron chi connectivity index (χ0n) is 7.42. The van der Waals surface area contributed by atoms with E-state index in [9.17, 15) is 0 Å². The van der Waals surface area contributed by atoms with Gasteiger partial charge in [-0.2, -0.15) is 0 Å². The van der Waals surface area contributed by atoms with Gasteiger partial charge in [0.15, 0.2) is 0 Å². The molecule has 0 radical (unpaired) electrons. The fourth-order valence-electron chi connectivity index (χ4n) is 2.75. The predicted octanol–water partition coefficient (Wildman–Crippen LogP) is 0.958. The van der Waals surface area contributed by atoms with Crippen LogP contribution in [-0.4, -0.2) is 30.6 Å². The Hall–Kier alpha value is -0.500. The number of hydrogen-bond donors (Lipinski definition) is 1. The Labute approximate surface area is 73.6 Å². The summed E-state index contributed by atoms with van der Waals surface area (Å²) in [5.41, 5.74) is 1.62. The number of nitrogens with one attached hydrogen (secondary N) is 1. The Morgan fingerprint density at radius 1 is 1.42 bits per heavy atom. The van der Waals surface area contributed by atoms with Crippen LogP contribution in [0.2, 0.25) is 0 Å². The standard InChI is InChI=1S/C10H16N2/c1-3-11-4-2-9(1)12-7-8-5-10(12)6-8/h1,8,10-11H,2-7H2. The molecule has 4 aliphatic rings. The molecule has 0 aromatic rings. The smallest absolute Gasteiger partial charge is 0.0293 e. The molecule has 1 N–H and O–H groups in total. The highest BCUT2D eigenvalue weighted by molar-refractivity contribution is 5.13. The summed E-state index contributed by atoms with van der Waals surface area (Å²) in [4.78, 5) is 2.66. The molecule has 0 spiro atoms. The van der Waals surface area contributed by atoms with Gasteiger partial charge in [-0.25, -0.2) is 0 Å². The second-order valence-corrected chi connectivity index (χ2v) is 4.29. The van der Waals surface area contributed by atoms with Crippen LogP contribution in [0.15, 0.2) is 11.8 Å². The molecule has 66 valence electrons. The Morgan fingerprint density at radius 3 is 2.92 bits per heavy atom. The van der Waals surface area contributed by atoms with Gasteiger partial charge in [0, 0.05) is 31.4 Å². The molecule has 2 heteroatoms. The molecule has 0 amide bonds. The average molecular weight is 164 g/mol. The van der Waals surface area contributed by atoms with Crippen LogP contribution in [-0.2, 0) is 0 Å². The van der Waals surface area contributed by atoms with Gasteiger partial charge in [0.1, 0.15) is 0 Å². The summed E-state index contributed by atoms with van der Waals surface area (Å²) < 4.78 is 0. The van der Waals surface area contributed by atoms with E-state index in [1.165, 1.54) is 32.4 Å². The van der Waals surface area contributed by atoms with Crippen molar-refractivity contribution in [3.8, 4) is 0 Å². The van der Waals surface area contributed by atoms with Crippen LogP contribution >= 0.6 is 0 Å². The summed E-state index contributed by atoms with van der Waals surface area (Å²) in [6.07, 6.45) is 6.59. The van der Waals surface area contributed by atoms with E-state index >= 15 is 0 Å². The maximum absolute atomic E-state index is 3.36. The average Bonchev–Trinajstić information content (AvgIpc) is 2.62. The highest BCUT2D eigenvalue weighted by Gasteiger charge is 2.43. The molecule has 2 saturated heterocycles. The number of rotatable bonds is 1. The Bertz CT molecular complexity index is 216. The third kappa shape index (κ3) is 0.908. The lowest BCUT2D eigenvalue weighted by Gasteiger charge is -2.30. The lowest BCUT2D eigenvalue weighted by atomic mass is 9.86. The summed E-state index contributed by atoms with van der Waals surface area (Å²) in [6, 6.07) is 0.930. The molecule has 1 saturated carbocycles. The molecule has 3 aliphatic heterocycles. The summed E-state index contributed by atoms with van der Waals surface area (Å²) in [6.45, 7) is 3.62. The first-order valence-corrected chi connectivity index (χ1v) is 5.10. The number of hydrogen-bond acceptors (Lipinski definition) is 2. The van der Waals surface area contributed by atoms with Gasteiger partial charge in [0.25, 0.3) is 0 Å². The second kappa shape index (κ2) is 2.49. The highest BCUT2D eigenvalue weighted by atomic mass is 15.2. The van der Waals surface area contributed by atoms with Crippen LogP contribution in [0.25, 0.3) is 0 Å². The van der Waals surface area contributed by atoms with Gasteiger partial charge in [-0.1, -0.05) is 6.08 Å². The van der Waals surface area contributed by atoms with E-state index in [-0.39, 0.29) is 0 Å². The fraction of sp³-hybridized carbons (Fsp3) is 0.800. The first-order valence-electron chi connectivity index (χ1n) is 5.10. The Kier molecular flexibility index (Phi) is 1.44.